The second-order valence-corrected chi connectivity index (χ2v) is 9.24. The number of carbonyl (C=O) groups is 2. The quantitative estimate of drug-likeness (QED) is 0.667. The Morgan fingerprint density at radius 1 is 1.21 bits per heavy atom. The third kappa shape index (κ3) is 3.08. The lowest BCUT2D eigenvalue weighted by Gasteiger charge is -2.42. The van der Waals surface area contributed by atoms with Gasteiger partial charge in [-0.05, 0) is 43.7 Å². The second-order valence-electron chi connectivity index (χ2n) is 8.83. The van der Waals surface area contributed by atoms with Gasteiger partial charge >= 0.3 is 6.03 Å². The number of hydrogen-bond acceptors (Lipinski definition) is 3. The van der Waals surface area contributed by atoms with Crippen molar-refractivity contribution >= 4 is 40.2 Å². The van der Waals surface area contributed by atoms with Crippen LogP contribution >= 0.6 is 11.6 Å². The lowest BCUT2D eigenvalue weighted by Crippen LogP contribution is -2.52. The Morgan fingerprint density at radius 3 is 2.66 bits per heavy atom. The first-order chi connectivity index (χ1) is 14.0. The average Bonchev–Trinajstić information content (AvgIpc) is 3.12. The summed E-state index contributed by atoms with van der Waals surface area (Å²) < 4.78 is 6.18. The third-order valence-corrected chi connectivity index (χ3v) is 7.12. The monoisotopic (exact) mass is 415 g/mol. The summed E-state index contributed by atoms with van der Waals surface area (Å²) in [6, 6.07) is 3.36. The van der Waals surface area contributed by atoms with Crippen LogP contribution in [0.1, 0.15) is 68.0 Å². The molecule has 2 fully saturated rings. The maximum absolute atomic E-state index is 13.1. The molecule has 0 bridgehead atoms. The molecule has 2 aromatic rings. The van der Waals surface area contributed by atoms with Crippen LogP contribution in [0.15, 0.2) is 16.5 Å². The highest BCUT2D eigenvalue weighted by Gasteiger charge is 2.44. The highest BCUT2D eigenvalue weighted by molar-refractivity contribution is 6.35. The minimum absolute atomic E-state index is 0.0662. The Hall–Kier alpha value is -2.21. The summed E-state index contributed by atoms with van der Waals surface area (Å²) in [4.78, 5) is 27.3. The number of furan rings is 1. The number of likely N-dealkylation sites (tertiary alicyclic amines) is 1. The van der Waals surface area contributed by atoms with Gasteiger partial charge in [-0.3, -0.25) is 4.79 Å². The van der Waals surface area contributed by atoms with Crippen molar-refractivity contribution in [3.8, 4) is 0 Å². The second kappa shape index (κ2) is 6.94. The van der Waals surface area contributed by atoms with E-state index in [0.29, 0.717) is 28.0 Å². The number of piperidine rings is 1. The minimum atomic E-state index is -0.488. The molecule has 2 aliphatic heterocycles. The van der Waals surface area contributed by atoms with Gasteiger partial charge < -0.3 is 20.0 Å². The number of amides is 3. The zero-order chi connectivity index (χ0) is 20.2. The van der Waals surface area contributed by atoms with Crippen LogP contribution in [-0.2, 0) is 5.54 Å². The first-order valence-corrected chi connectivity index (χ1v) is 11.0. The van der Waals surface area contributed by atoms with E-state index in [1.54, 1.807) is 12.1 Å². The van der Waals surface area contributed by atoms with E-state index in [-0.39, 0.29) is 11.9 Å². The number of urea groups is 1. The Labute approximate surface area is 174 Å². The minimum Gasteiger partial charge on any atom is -0.450 e. The zero-order valence-electron chi connectivity index (χ0n) is 16.6. The van der Waals surface area contributed by atoms with Crippen molar-refractivity contribution in [2.75, 3.05) is 18.4 Å². The molecule has 3 aliphatic rings. The fourth-order valence-electron chi connectivity index (χ4n) is 5.16. The Bertz CT molecular complexity index is 985. The largest absolute Gasteiger partial charge is 0.450 e. The van der Waals surface area contributed by atoms with Crippen molar-refractivity contribution in [2.45, 2.75) is 57.4 Å². The summed E-state index contributed by atoms with van der Waals surface area (Å²) >= 11 is 6.56. The molecule has 5 rings (SSSR count). The van der Waals surface area contributed by atoms with Crippen molar-refractivity contribution < 1.29 is 14.0 Å². The number of benzene rings is 1. The molecule has 1 aliphatic carbocycles. The van der Waals surface area contributed by atoms with Crippen molar-refractivity contribution in [3.05, 3.63) is 28.5 Å². The average molecular weight is 416 g/mol. The van der Waals surface area contributed by atoms with Crippen molar-refractivity contribution in [3.63, 3.8) is 0 Å². The Balaban J connectivity index is 1.61. The van der Waals surface area contributed by atoms with Gasteiger partial charge in [0.05, 0.1) is 16.2 Å². The normalized spacial score (nSPS) is 21.7. The van der Waals surface area contributed by atoms with Crippen LogP contribution < -0.4 is 10.6 Å². The number of nitrogens with one attached hydrogen (secondary N) is 2. The SMILES string of the molecule is CC1CCN(C(=O)c2cc3cc(Cl)c4c(c3o2)C2(CCCCC2)NC(=O)N4)CC1. The fraction of sp³-hybridized carbons (Fsp3) is 0.545. The summed E-state index contributed by atoms with van der Waals surface area (Å²) in [6.07, 6.45) is 6.95. The van der Waals surface area contributed by atoms with Gasteiger partial charge in [0, 0.05) is 24.0 Å². The highest BCUT2D eigenvalue weighted by Crippen LogP contribution is 2.49. The molecule has 0 radical (unpaired) electrons. The molecule has 1 aromatic heterocycles. The van der Waals surface area contributed by atoms with Crippen LogP contribution in [0, 0.1) is 5.92 Å². The predicted molar refractivity (Wildman–Crippen MR) is 112 cm³/mol. The van der Waals surface area contributed by atoms with Crippen LogP contribution in [0.5, 0.6) is 0 Å². The number of rotatable bonds is 1. The molecule has 154 valence electrons. The van der Waals surface area contributed by atoms with Crippen molar-refractivity contribution in [1.82, 2.24) is 10.2 Å². The topological polar surface area (TPSA) is 74.6 Å². The van der Waals surface area contributed by atoms with E-state index in [0.717, 1.165) is 69.0 Å². The van der Waals surface area contributed by atoms with Gasteiger partial charge in [-0.25, -0.2) is 4.79 Å². The summed E-state index contributed by atoms with van der Waals surface area (Å²) in [5.74, 6) is 0.937. The molecule has 6 nitrogen and oxygen atoms in total. The molecule has 1 saturated heterocycles. The van der Waals surface area contributed by atoms with E-state index in [9.17, 15) is 9.59 Å². The first kappa shape index (κ1) is 18.8. The maximum Gasteiger partial charge on any atom is 0.319 e. The molecule has 3 amide bonds. The summed E-state index contributed by atoms with van der Waals surface area (Å²) in [7, 11) is 0. The van der Waals surface area contributed by atoms with Gasteiger partial charge in [0.25, 0.3) is 5.91 Å². The number of hydrogen-bond donors (Lipinski definition) is 2. The summed E-state index contributed by atoms with van der Waals surface area (Å²) in [6.45, 7) is 3.75. The molecule has 3 heterocycles. The Kier molecular flexibility index (Phi) is 4.50. The highest BCUT2D eigenvalue weighted by atomic mass is 35.5. The standard InChI is InChI=1S/C22H26ClN3O3/c1-13-5-9-26(10-6-13)20(27)16-12-14-11-15(23)18-17(19(14)29-16)22(25-21(28)24-18)7-3-2-4-8-22/h11-13H,2-10H2,1H3,(H2,24,25,28). The number of fused-ring (bicyclic) bond motifs is 4. The van der Waals surface area contributed by atoms with Crippen LogP contribution in [0.2, 0.25) is 5.02 Å². The molecule has 0 atom stereocenters. The molecule has 7 heteroatoms. The number of carbonyl (C=O) groups excluding carboxylic acids is 2. The summed E-state index contributed by atoms with van der Waals surface area (Å²) in [5.41, 5.74) is 1.68. The van der Waals surface area contributed by atoms with Gasteiger partial charge in [-0.15, -0.1) is 0 Å². The van der Waals surface area contributed by atoms with E-state index in [1.165, 1.54) is 0 Å². The molecule has 2 N–H and O–H groups in total. The van der Waals surface area contributed by atoms with Crippen molar-refractivity contribution in [2.24, 2.45) is 5.92 Å². The number of halogens is 1. The van der Waals surface area contributed by atoms with E-state index in [4.69, 9.17) is 16.0 Å². The van der Waals surface area contributed by atoms with Gasteiger partial charge in [0.15, 0.2) is 5.76 Å². The van der Waals surface area contributed by atoms with E-state index >= 15 is 0 Å². The van der Waals surface area contributed by atoms with Crippen LogP contribution in [0.4, 0.5) is 10.5 Å². The van der Waals surface area contributed by atoms with Crippen molar-refractivity contribution in [1.29, 1.82) is 0 Å². The molecule has 1 aromatic carbocycles. The van der Waals surface area contributed by atoms with Crippen LogP contribution in [0.25, 0.3) is 11.0 Å². The van der Waals surface area contributed by atoms with E-state index < -0.39 is 5.54 Å². The third-order valence-electron chi connectivity index (χ3n) is 6.82. The maximum atomic E-state index is 13.1. The smallest absolute Gasteiger partial charge is 0.319 e. The molecule has 1 saturated carbocycles. The summed E-state index contributed by atoms with van der Waals surface area (Å²) in [5, 5.41) is 7.31. The lowest BCUT2D eigenvalue weighted by atomic mass is 9.74. The van der Waals surface area contributed by atoms with Crippen LogP contribution in [-0.4, -0.2) is 29.9 Å². The van der Waals surface area contributed by atoms with Gasteiger partial charge in [0.1, 0.15) is 5.58 Å². The molecular weight excluding hydrogens is 390 g/mol. The van der Waals surface area contributed by atoms with Gasteiger partial charge in [0.2, 0.25) is 0 Å². The number of nitrogens with zero attached hydrogens (tertiary/aromatic N) is 1. The predicted octanol–water partition coefficient (Wildman–Crippen LogP) is 5.25. The lowest BCUT2D eigenvalue weighted by molar-refractivity contribution is 0.0667. The number of anilines is 1. The van der Waals surface area contributed by atoms with E-state index in [2.05, 4.69) is 17.6 Å². The molecule has 1 spiro atoms. The Morgan fingerprint density at radius 2 is 1.93 bits per heavy atom. The van der Waals surface area contributed by atoms with Crippen LogP contribution in [0.3, 0.4) is 0 Å². The van der Waals surface area contributed by atoms with E-state index in [1.807, 2.05) is 4.90 Å². The zero-order valence-corrected chi connectivity index (χ0v) is 17.4. The first-order valence-electron chi connectivity index (χ1n) is 10.6. The molecular formula is C22H26ClN3O3. The molecule has 29 heavy (non-hydrogen) atoms. The van der Waals surface area contributed by atoms with Gasteiger partial charge in [-0.1, -0.05) is 37.8 Å². The molecule has 0 unspecified atom stereocenters. The fourth-order valence-corrected chi connectivity index (χ4v) is 5.42. The van der Waals surface area contributed by atoms with Gasteiger partial charge in [-0.2, -0.15) is 0 Å².